The average Bonchev–Trinajstić information content (AvgIpc) is 2.82. The summed E-state index contributed by atoms with van der Waals surface area (Å²) in [4.78, 5) is 28.8. The lowest BCUT2D eigenvalue weighted by Gasteiger charge is -2.36. The summed E-state index contributed by atoms with van der Waals surface area (Å²) in [6, 6.07) is 7.21. The summed E-state index contributed by atoms with van der Waals surface area (Å²) in [5, 5.41) is 5.65. The van der Waals surface area contributed by atoms with Gasteiger partial charge in [-0.25, -0.2) is 4.98 Å². The smallest absolute Gasteiger partial charge is 0.371 e. The first kappa shape index (κ1) is 28.3. The molecule has 1 fully saturated rings. The number of pyridine rings is 1. The van der Waals surface area contributed by atoms with Crippen LogP contribution in [0.2, 0.25) is 0 Å². The molecule has 1 aliphatic rings. The third-order valence-corrected chi connectivity index (χ3v) is 6.29. The van der Waals surface area contributed by atoms with Crippen LogP contribution in [0.5, 0.6) is 0 Å². The number of aromatic nitrogens is 1. The van der Waals surface area contributed by atoms with E-state index < -0.39 is 23.7 Å². The molecule has 0 spiro atoms. The zero-order valence-corrected chi connectivity index (χ0v) is 20.5. The second kappa shape index (κ2) is 11.0. The molecule has 1 heterocycles. The molecular weight excluding hydrogens is 502 g/mol. The van der Waals surface area contributed by atoms with Crippen LogP contribution >= 0.6 is 0 Å². The van der Waals surface area contributed by atoms with E-state index in [1.807, 2.05) is 0 Å². The van der Waals surface area contributed by atoms with E-state index in [1.54, 1.807) is 38.1 Å². The molecule has 3 rings (SSSR count). The Bertz CT molecular complexity index is 1090. The van der Waals surface area contributed by atoms with Crippen molar-refractivity contribution >= 4 is 23.2 Å². The molecule has 2 aromatic rings. The van der Waals surface area contributed by atoms with Crippen LogP contribution in [0.15, 0.2) is 36.4 Å². The molecule has 12 heteroatoms. The van der Waals surface area contributed by atoms with Gasteiger partial charge in [-0.05, 0) is 56.0 Å². The number of amides is 2. The van der Waals surface area contributed by atoms with Gasteiger partial charge in [0.05, 0.1) is 0 Å². The number of hydrogen-bond acceptors (Lipinski definition) is 4. The molecule has 0 bridgehead atoms. The molecule has 0 aliphatic heterocycles. The molecule has 0 unspecified atom stereocenters. The second-order valence-corrected chi connectivity index (χ2v) is 9.41. The van der Waals surface area contributed by atoms with Crippen LogP contribution < -0.4 is 15.5 Å². The first-order valence-corrected chi connectivity index (χ1v) is 11.8. The lowest BCUT2D eigenvalue weighted by molar-refractivity contribution is -0.150. The van der Waals surface area contributed by atoms with E-state index in [0.717, 1.165) is 0 Å². The summed E-state index contributed by atoms with van der Waals surface area (Å²) in [6.45, 7) is 3.50. The van der Waals surface area contributed by atoms with Gasteiger partial charge in [-0.3, -0.25) is 9.59 Å². The Balaban J connectivity index is 1.64. The highest BCUT2D eigenvalue weighted by molar-refractivity contribution is 5.97. The molecule has 0 radical (unpaired) electrons. The number of alkyl halides is 6. The number of carbonyl (C=O) groups is 2. The van der Waals surface area contributed by atoms with Gasteiger partial charge in [-0.2, -0.15) is 26.3 Å². The molecule has 37 heavy (non-hydrogen) atoms. The van der Waals surface area contributed by atoms with E-state index in [1.165, 1.54) is 11.9 Å². The highest BCUT2D eigenvalue weighted by atomic mass is 19.4. The maximum absolute atomic E-state index is 13.2. The number of rotatable bonds is 6. The lowest BCUT2D eigenvalue weighted by Crippen LogP contribution is -2.43. The summed E-state index contributed by atoms with van der Waals surface area (Å²) in [5.41, 5.74) is -2.57. The lowest BCUT2D eigenvalue weighted by atomic mass is 9.90. The van der Waals surface area contributed by atoms with E-state index in [4.69, 9.17) is 0 Å². The van der Waals surface area contributed by atoms with Gasteiger partial charge >= 0.3 is 12.4 Å². The number of hydrogen-bond donors (Lipinski definition) is 2. The molecule has 2 amide bonds. The Labute approximate surface area is 210 Å². The van der Waals surface area contributed by atoms with Crippen molar-refractivity contribution in [2.45, 2.75) is 64.0 Å². The molecule has 0 atom stereocenters. The van der Waals surface area contributed by atoms with Crippen molar-refractivity contribution < 1.29 is 35.9 Å². The Morgan fingerprint density at radius 3 is 2.03 bits per heavy atom. The predicted molar refractivity (Wildman–Crippen MR) is 126 cm³/mol. The fraction of sp³-hybridized carbons (Fsp3) is 0.480. The van der Waals surface area contributed by atoms with Crippen LogP contribution in [0.1, 0.15) is 61.3 Å². The summed E-state index contributed by atoms with van der Waals surface area (Å²) in [7, 11) is 1.45. The molecule has 0 saturated heterocycles. The minimum Gasteiger partial charge on any atom is -0.371 e. The Kier molecular flexibility index (Phi) is 8.38. The minimum absolute atomic E-state index is 0.182. The highest BCUT2D eigenvalue weighted by Crippen LogP contribution is 2.37. The first-order chi connectivity index (χ1) is 17.1. The van der Waals surface area contributed by atoms with Crippen molar-refractivity contribution in [3.8, 4) is 0 Å². The maximum Gasteiger partial charge on any atom is 0.433 e. The molecule has 6 nitrogen and oxygen atoms in total. The van der Waals surface area contributed by atoms with Crippen molar-refractivity contribution in [1.29, 1.82) is 0 Å². The van der Waals surface area contributed by atoms with Gasteiger partial charge < -0.3 is 15.5 Å². The molecule has 1 aromatic carbocycles. The van der Waals surface area contributed by atoms with Crippen LogP contribution in [0.4, 0.5) is 37.7 Å². The summed E-state index contributed by atoms with van der Waals surface area (Å²) in [5.74, 6) is -0.742. The number of halogens is 6. The number of benzene rings is 1. The molecular formula is C25H28F6N4O2. The van der Waals surface area contributed by atoms with Gasteiger partial charge in [0.2, 0.25) is 5.91 Å². The Morgan fingerprint density at radius 2 is 1.51 bits per heavy atom. The van der Waals surface area contributed by atoms with Gasteiger partial charge in [-0.1, -0.05) is 19.9 Å². The Morgan fingerprint density at radius 1 is 0.946 bits per heavy atom. The maximum atomic E-state index is 13.2. The van der Waals surface area contributed by atoms with E-state index >= 15 is 0 Å². The Hall–Kier alpha value is -3.31. The van der Waals surface area contributed by atoms with E-state index in [0.29, 0.717) is 49.1 Å². The van der Waals surface area contributed by atoms with Crippen LogP contribution in [-0.4, -0.2) is 35.9 Å². The minimum atomic E-state index is -5.02. The summed E-state index contributed by atoms with van der Waals surface area (Å²) in [6.07, 6.45) is -8.14. The van der Waals surface area contributed by atoms with E-state index in [9.17, 15) is 35.9 Å². The molecule has 202 valence electrons. The zero-order chi connectivity index (χ0) is 27.5. The third-order valence-electron chi connectivity index (χ3n) is 6.29. The standard InChI is InChI=1S/C25H28F6N4O2/c1-14(2)22(36)33-17-6-4-5-15(11-17)23(37)32-16-7-9-18(10-8-16)35(3)19-12-20(24(26,27)28)34-21(13-19)25(29,30)31/h4-6,11-14,16,18H,7-10H2,1-3H3,(H,32,37)(H,33,36). The highest BCUT2D eigenvalue weighted by Gasteiger charge is 2.39. The van der Waals surface area contributed by atoms with Gasteiger partial charge in [0, 0.05) is 42.0 Å². The average molecular weight is 531 g/mol. The van der Waals surface area contributed by atoms with Gasteiger partial charge in [0.15, 0.2) is 0 Å². The summed E-state index contributed by atoms with van der Waals surface area (Å²) < 4.78 is 79.0. The predicted octanol–water partition coefficient (Wildman–Crippen LogP) is 5.89. The quantitative estimate of drug-likeness (QED) is 0.457. The zero-order valence-electron chi connectivity index (χ0n) is 20.5. The topological polar surface area (TPSA) is 74.3 Å². The van der Waals surface area contributed by atoms with E-state index in [-0.39, 0.29) is 35.5 Å². The normalized spacial score (nSPS) is 18.4. The fourth-order valence-corrected chi connectivity index (χ4v) is 4.12. The van der Waals surface area contributed by atoms with Crippen molar-refractivity contribution in [2.24, 2.45) is 5.92 Å². The fourth-order valence-electron chi connectivity index (χ4n) is 4.12. The van der Waals surface area contributed by atoms with Crippen molar-refractivity contribution in [3.05, 3.63) is 53.3 Å². The largest absolute Gasteiger partial charge is 0.433 e. The SMILES string of the molecule is CC(C)C(=O)Nc1cccc(C(=O)NC2CCC(N(C)c3cc(C(F)(F)F)nc(C(F)(F)F)c3)CC2)c1. The second-order valence-electron chi connectivity index (χ2n) is 9.41. The molecule has 1 aliphatic carbocycles. The van der Waals surface area contributed by atoms with Gasteiger partial charge in [0.1, 0.15) is 11.4 Å². The van der Waals surface area contributed by atoms with Crippen LogP contribution in [-0.2, 0) is 17.1 Å². The van der Waals surface area contributed by atoms with Gasteiger partial charge in [0.25, 0.3) is 5.91 Å². The number of carbonyl (C=O) groups excluding carboxylic acids is 2. The monoisotopic (exact) mass is 530 g/mol. The molecule has 2 N–H and O–H groups in total. The van der Waals surface area contributed by atoms with Crippen LogP contribution in [0.25, 0.3) is 0 Å². The van der Waals surface area contributed by atoms with Crippen LogP contribution in [0, 0.1) is 5.92 Å². The number of nitrogens with zero attached hydrogens (tertiary/aromatic N) is 2. The molecule has 1 saturated carbocycles. The van der Waals surface area contributed by atoms with Crippen molar-refractivity contribution in [2.75, 3.05) is 17.3 Å². The number of anilines is 2. The first-order valence-electron chi connectivity index (χ1n) is 11.8. The van der Waals surface area contributed by atoms with Crippen molar-refractivity contribution in [1.82, 2.24) is 10.3 Å². The summed E-state index contributed by atoms with van der Waals surface area (Å²) >= 11 is 0. The molecule has 1 aromatic heterocycles. The van der Waals surface area contributed by atoms with Crippen LogP contribution in [0.3, 0.4) is 0 Å². The van der Waals surface area contributed by atoms with E-state index in [2.05, 4.69) is 15.6 Å². The number of nitrogens with one attached hydrogen (secondary N) is 2. The third kappa shape index (κ3) is 7.36. The van der Waals surface area contributed by atoms with Gasteiger partial charge in [-0.15, -0.1) is 0 Å². The van der Waals surface area contributed by atoms with Crippen molar-refractivity contribution in [3.63, 3.8) is 0 Å².